The third kappa shape index (κ3) is 5.15. The summed E-state index contributed by atoms with van der Waals surface area (Å²) in [5.41, 5.74) is 2.15. The SMILES string of the molecule is COc1ccc(-c2coc3cc(OC4CCCCC4)ccc3c2=O)cc1N(CCO)CCO. The lowest BCUT2D eigenvalue weighted by atomic mass is 9.98. The van der Waals surface area contributed by atoms with Gasteiger partial charge in [0.05, 0.1) is 43.1 Å². The second kappa shape index (κ2) is 10.7. The van der Waals surface area contributed by atoms with Gasteiger partial charge in [-0.25, -0.2) is 0 Å². The number of methoxy groups -OCH3 is 1. The van der Waals surface area contributed by atoms with Gasteiger partial charge in [-0.3, -0.25) is 4.79 Å². The molecule has 1 saturated carbocycles. The average molecular weight is 454 g/mol. The molecule has 7 nitrogen and oxygen atoms in total. The molecule has 1 aromatic heterocycles. The maximum absolute atomic E-state index is 13.3. The molecule has 0 bridgehead atoms. The molecular weight excluding hydrogens is 422 g/mol. The second-order valence-electron chi connectivity index (χ2n) is 8.34. The summed E-state index contributed by atoms with van der Waals surface area (Å²) < 4.78 is 17.4. The molecule has 3 aromatic rings. The van der Waals surface area contributed by atoms with Crippen LogP contribution in [0.5, 0.6) is 11.5 Å². The molecule has 2 N–H and O–H groups in total. The summed E-state index contributed by atoms with van der Waals surface area (Å²) in [6, 6.07) is 10.8. The number of fused-ring (bicyclic) bond motifs is 1. The van der Waals surface area contributed by atoms with E-state index in [9.17, 15) is 15.0 Å². The van der Waals surface area contributed by atoms with Gasteiger partial charge in [0.1, 0.15) is 23.3 Å². The molecule has 176 valence electrons. The van der Waals surface area contributed by atoms with Crippen molar-refractivity contribution in [2.24, 2.45) is 0 Å². The molecule has 33 heavy (non-hydrogen) atoms. The minimum absolute atomic E-state index is 0.0727. The van der Waals surface area contributed by atoms with Crippen LogP contribution in [0, 0.1) is 0 Å². The van der Waals surface area contributed by atoms with Gasteiger partial charge in [-0.2, -0.15) is 0 Å². The molecule has 1 aliphatic carbocycles. The van der Waals surface area contributed by atoms with Crippen molar-refractivity contribution in [3.05, 3.63) is 52.9 Å². The van der Waals surface area contributed by atoms with Gasteiger partial charge in [-0.05, 0) is 55.5 Å². The van der Waals surface area contributed by atoms with Crippen LogP contribution in [0.2, 0.25) is 0 Å². The molecule has 4 rings (SSSR count). The van der Waals surface area contributed by atoms with Crippen molar-refractivity contribution >= 4 is 16.7 Å². The maximum atomic E-state index is 13.3. The van der Waals surface area contributed by atoms with E-state index in [1.807, 2.05) is 17.0 Å². The Morgan fingerprint density at radius 2 is 1.79 bits per heavy atom. The highest BCUT2D eigenvalue weighted by Crippen LogP contribution is 2.33. The average Bonchev–Trinajstić information content (AvgIpc) is 2.84. The van der Waals surface area contributed by atoms with Crippen molar-refractivity contribution in [2.75, 3.05) is 38.3 Å². The fourth-order valence-corrected chi connectivity index (χ4v) is 4.46. The minimum atomic E-state index is -0.132. The molecule has 2 aromatic carbocycles. The fourth-order valence-electron chi connectivity index (χ4n) is 4.46. The van der Waals surface area contributed by atoms with Crippen LogP contribution in [-0.4, -0.2) is 49.7 Å². The van der Waals surface area contributed by atoms with Crippen molar-refractivity contribution < 1.29 is 24.1 Å². The Morgan fingerprint density at radius 3 is 2.48 bits per heavy atom. The number of anilines is 1. The number of hydrogen-bond acceptors (Lipinski definition) is 7. The monoisotopic (exact) mass is 453 g/mol. The van der Waals surface area contributed by atoms with Crippen LogP contribution in [0.4, 0.5) is 5.69 Å². The van der Waals surface area contributed by atoms with Crippen LogP contribution < -0.4 is 19.8 Å². The third-order valence-corrected chi connectivity index (χ3v) is 6.17. The zero-order valence-corrected chi connectivity index (χ0v) is 19.0. The van der Waals surface area contributed by atoms with Crippen LogP contribution in [0.3, 0.4) is 0 Å². The molecule has 0 radical (unpaired) electrons. The number of rotatable bonds is 9. The van der Waals surface area contributed by atoms with Gasteiger partial charge in [0.2, 0.25) is 0 Å². The first-order chi connectivity index (χ1) is 16.1. The van der Waals surface area contributed by atoms with Gasteiger partial charge in [0, 0.05) is 19.2 Å². The summed E-state index contributed by atoms with van der Waals surface area (Å²) in [5.74, 6) is 1.32. The van der Waals surface area contributed by atoms with E-state index >= 15 is 0 Å². The quantitative estimate of drug-likeness (QED) is 0.506. The second-order valence-corrected chi connectivity index (χ2v) is 8.34. The lowest BCUT2D eigenvalue weighted by Gasteiger charge is -2.25. The molecular formula is C26H31NO6. The van der Waals surface area contributed by atoms with E-state index in [2.05, 4.69) is 0 Å². The predicted octanol–water partition coefficient (Wildman–Crippen LogP) is 3.97. The number of hydrogen-bond donors (Lipinski definition) is 2. The Balaban J connectivity index is 1.67. The van der Waals surface area contributed by atoms with E-state index in [0.29, 0.717) is 46.6 Å². The van der Waals surface area contributed by atoms with Gasteiger partial charge in [-0.15, -0.1) is 0 Å². The van der Waals surface area contributed by atoms with E-state index in [1.165, 1.54) is 25.5 Å². The summed E-state index contributed by atoms with van der Waals surface area (Å²) in [4.78, 5) is 15.1. The van der Waals surface area contributed by atoms with E-state index in [1.54, 1.807) is 31.4 Å². The molecule has 0 spiro atoms. The Hall–Kier alpha value is -3.03. The zero-order valence-electron chi connectivity index (χ0n) is 19.0. The summed E-state index contributed by atoms with van der Waals surface area (Å²) >= 11 is 0. The number of aliphatic hydroxyl groups excluding tert-OH is 2. The van der Waals surface area contributed by atoms with E-state index < -0.39 is 0 Å². The van der Waals surface area contributed by atoms with E-state index in [4.69, 9.17) is 13.9 Å². The highest BCUT2D eigenvalue weighted by atomic mass is 16.5. The van der Waals surface area contributed by atoms with Crippen molar-refractivity contribution in [3.63, 3.8) is 0 Å². The first-order valence-electron chi connectivity index (χ1n) is 11.5. The summed E-state index contributed by atoms with van der Waals surface area (Å²) in [7, 11) is 1.56. The minimum Gasteiger partial charge on any atom is -0.495 e. The lowest BCUT2D eigenvalue weighted by Crippen LogP contribution is -2.30. The predicted molar refractivity (Wildman–Crippen MR) is 128 cm³/mol. The third-order valence-electron chi connectivity index (χ3n) is 6.17. The normalized spacial score (nSPS) is 14.4. The lowest BCUT2D eigenvalue weighted by molar-refractivity contribution is 0.155. The van der Waals surface area contributed by atoms with Crippen LogP contribution in [0.15, 0.2) is 51.9 Å². The van der Waals surface area contributed by atoms with Crippen molar-refractivity contribution in [3.8, 4) is 22.6 Å². The Kier molecular flexibility index (Phi) is 7.52. The topological polar surface area (TPSA) is 92.4 Å². The van der Waals surface area contributed by atoms with Crippen molar-refractivity contribution in [2.45, 2.75) is 38.2 Å². The first-order valence-corrected chi connectivity index (χ1v) is 11.5. The molecule has 0 aliphatic heterocycles. The summed E-state index contributed by atoms with van der Waals surface area (Å²) in [6.07, 6.45) is 7.46. The van der Waals surface area contributed by atoms with Crippen LogP contribution in [0.25, 0.3) is 22.1 Å². The Bertz CT molecular complexity index is 1130. The van der Waals surface area contributed by atoms with Crippen molar-refractivity contribution in [1.82, 2.24) is 0 Å². The number of aliphatic hydroxyl groups is 2. The van der Waals surface area contributed by atoms with Gasteiger partial charge >= 0.3 is 0 Å². The van der Waals surface area contributed by atoms with Gasteiger partial charge in [0.15, 0.2) is 5.43 Å². The highest BCUT2D eigenvalue weighted by Gasteiger charge is 2.18. The van der Waals surface area contributed by atoms with Gasteiger partial charge < -0.3 is 29.0 Å². The number of ether oxygens (including phenoxy) is 2. The molecule has 1 heterocycles. The molecule has 1 fully saturated rings. The van der Waals surface area contributed by atoms with Crippen LogP contribution in [-0.2, 0) is 0 Å². The Morgan fingerprint density at radius 1 is 1.03 bits per heavy atom. The van der Waals surface area contributed by atoms with Crippen molar-refractivity contribution in [1.29, 1.82) is 0 Å². The fraction of sp³-hybridized carbons (Fsp3) is 0.423. The molecule has 0 amide bonds. The maximum Gasteiger partial charge on any atom is 0.200 e. The molecule has 0 saturated heterocycles. The van der Waals surface area contributed by atoms with Crippen LogP contribution in [0.1, 0.15) is 32.1 Å². The number of benzene rings is 2. The van der Waals surface area contributed by atoms with Gasteiger partial charge in [0.25, 0.3) is 0 Å². The largest absolute Gasteiger partial charge is 0.495 e. The van der Waals surface area contributed by atoms with E-state index in [-0.39, 0.29) is 24.7 Å². The molecule has 1 aliphatic rings. The molecule has 0 unspecified atom stereocenters. The smallest absolute Gasteiger partial charge is 0.200 e. The highest BCUT2D eigenvalue weighted by molar-refractivity contribution is 5.83. The molecule has 7 heteroatoms. The van der Waals surface area contributed by atoms with Gasteiger partial charge in [-0.1, -0.05) is 12.5 Å². The standard InChI is InChI=1S/C26H31NO6/c1-31-24-10-7-18(15-23(24)27(11-13-28)12-14-29)22-17-32-25-16-20(8-9-21(25)26(22)30)33-19-5-3-2-4-6-19/h7-10,15-17,19,28-29H,2-6,11-14H2,1H3. The summed E-state index contributed by atoms with van der Waals surface area (Å²) in [5, 5.41) is 19.3. The number of nitrogens with zero attached hydrogens (tertiary/aromatic N) is 1. The van der Waals surface area contributed by atoms with E-state index in [0.717, 1.165) is 18.6 Å². The Labute approximate surface area is 193 Å². The first kappa shape index (κ1) is 23.1. The van der Waals surface area contributed by atoms with Crippen LogP contribution >= 0.6 is 0 Å². The summed E-state index contributed by atoms with van der Waals surface area (Å²) in [6.45, 7) is 0.514. The zero-order chi connectivity index (χ0) is 23.2. The molecule has 0 atom stereocenters.